The number of amides is 2. The van der Waals surface area contributed by atoms with Crippen LogP contribution in [0.5, 0.6) is 5.75 Å². The molecule has 1 saturated carbocycles. The maximum absolute atomic E-state index is 15.4. The first kappa shape index (κ1) is 28.8. The first-order valence-electron chi connectivity index (χ1n) is 15.0. The first-order chi connectivity index (χ1) is 20.7. The Morgan fingerprint density at radius 2 is 1.88 bits per heavy atom. The highest BCUT2D eigenvalue weighted by Crippen LogP contribution is 2.42. The number of aliphatic carboxylic acids is 1. The van der Waals surface area contributed by atoms with Crippen molar-refractivity contribution in [3.8, 4) is 5.75 Å². The molecule has 2 amide bonds. The Labute approximate surface area is 249 Å². The van der Waals surface area contributed by atoms with E-state index in [9.17, 15) is 19.5 Å². The number of ether oxygens (including phenoxy) is 1. The van der Waals surface area contributed by atoms with Crippen LogP contribution in [0.1, 0.15) is 84.4 Å². The molecule has 2 aliphatic heterocycles. The minimum atomic E-state index is -0.971. The molecule has 226 valence electrons. The zero-order valence-corrected chi connectivity index (χ0v) is 24.4. The summed E-state index contributed by atoms with van der Waals surface area (Å²) >= 11 is 0. The lowest BCUT2D eigenvalue weighted by atomic mass is 9.77. The topological polar surface area (TPSA) is 118 Å². The zero-order chi connectivity index (χ0) is 30.2. The van der Waals surface area contributed by atoms with Gasteiger partial charge in [0.1, 0.15) is 23.9 Å². The first-order valence-corrected chi connectivity index (χ1v) is 15.0. The monoisotopic (exact) mass is 589 g/mol. The van der Waals surface area contributed by atoms with Gasteiger partial charge in [-0.25, -0.2) is 9.07 Å². The van der Waals surface area contributed by atoms with Gasteiger partial charge >= 0.3 is 5.97 Å². The second-order valence-electron chi connectivity index (χ2n) is 12.0. The van der Waals surface area contributed by atoms with Gasteiger partial charge in [-0.15, -0.1) is 5.10 Å². The van der Waals surface area contributed by atoms with E-state index in [0.717, 1.165) is 18.4 Å². The third kappa shape index (κ3) is 5.48. The number of carbonyl (C=O) groups is 3. The lowest BCUT2D eigenvalue weighted by molar-refractivity contribution is -0.153. The van der Waals surface area contributed by atoms with E-state index in [0.29, 0.717) is 47.5 Å². The smallest absolute Gasteiger partial charge is 0.307 e. The van der Waals surface area contributed by atoms with Crippen molar-refractivity contribution in [3.63, 3.8) is 0 Å². The highest BCUT2D eigenvalue weighted by atomic mass is 19.1. The Balaban J connectivity index is 1.37. The van der Waals surface area contributed by atoms with E-state index in [1.54, 1.807) is 32.8 Å². The second kappa shape index (κ2) is 11.8. The summed E-state index contributed by atoms with van der Waals surface area (Å²) in [6.07, 6.45) is 4.51. The highest BCUT2D eigenvalue weighted by Gasteiger charge is 2.44. The molecule has 2 aromatic carbocycles. The van der Waals surface area contributed by atoms with Gasteiger partial charge < -0.3 is 19.6 Å². The van der Waals surface area contributed by atoms with Gasteiger partial charge in [0.2, 0.25) is 5.91 Å². The number of hydrogen-bond acceptors (Lipinski definition) is 6. The quantitative estimate of drug-likeness (QED) is 0.410. The molecule has 1 aliphatic carbocycles. The van der Waals surface area contributed by atoms with Crippen LogP contribution in [0.4, 0.5) is 4.39 Å². The third-order valence-corrected chi connectivity index (χ3v) is 9.01. The Morgan fingerprint density at radius 3 is 2.60 bits per heavy atom. The van der Waals surface area contributed by atoms with Gasteiger partial charge in [0.25, 0.3) is 5.91 Å². The van der Waals surface area contributed by atoms with Crippen molar-refractivity contribution in [1.82, 2.24) is 24.8 Å². The molecule has 0 radical (unpaired) electrons. The molecule has 3 aromatic rings. The number of halogens is 1. The van der Waals surface area contributed by atoms with E-state index in [-0.39, 0.29) is 44.0 Å². The number of carbonyl (C=O) groups excluding carboxylic acids is 2. The van der Waals surface area contributed by atoms with E-state index in [2.05, 4.69) is 10.3 Å². The molecule has 0 saturated heterocycles. The molecule has 0 spiro atoms. The van der Waals surface area contributed by atoms with Crippen LogP contribution in [0.2, 0.25) is 0 Å². The molecule has 3 atom stereocenters. The minimum absolute atomic E-state index is 0.0866. The molecule has 1 aromatic heterocycles. The predicted octanol–water partition coefficient (Wildman–Crippen LogP) is 4.55. The normalized spacial score (nSPS) is 21.6. The zero-order valence-electron chi connectivity index (χ0n) is 24.4. The van der Waals surface area contributed by atoms with Crippen molar-refractivity contribution in [2.45, 2.75) is 71.2 Å². The van der Waals surface area contributed by atoms with Crippen LogP contribution in [-0.2, 0) is 29.2 Å². The van der Waals surface area contributed by atoms with Crippen LogP contribution in [0.15, 0.2) is 42.6 Å². The summed E-state index contributed by atoms with van der Waals surface area (Å²) in [5, 5.41) is 18.3. The molecule has 10 nitrogen and oxygen atoms in total. The standard InChI is InChI=1S/C32H36FN5O5/c1-19(2)38-16-21(34-35-38)18-43-28-12-11-26(33)25-13-14-37(31(40)23-9-5-6-10-24(23)32(41)42)27(29(25)28)17-36-15-20-7-3-4-8-22(20)30(36)39/h3-4,7-8,11-12,16,19,23-24,27H,5-6,9-10,13-15,17-18H2,1-2H3,(H,41,42)/t23-,24+,27-/m1/s1. The van der Waals surface area contributed by atoms with E-state index in [1.807, 2.05) is 32.0 Å². The maximum atomic E-state index is 15.4. The number of hydrogen-bond donors (Lipinski definition) is 1. The van der Waals surface area contributed by atoms with Crippen molar-refractivity contribution in [2.75, 3.05) is 13.1 Å². The van der Waals surface area contributed by atoms with E-state index in [1.165, 1.54) is 6.07 Å². The lowest BCUT2D eigenvalue weighted by Crippen LogP contribution is -2.50. The summed E-state index contributed by atoms with van der Waals surface area (Å²) < 4.78 is 23.4. The average molecular weight is 590 g/mol. The lowest BCUT2D eigenvalue weighted by Gasteiger charge is -2.42. The Hall–Kier alpha value is -4.28. The Morgan fingerprint density at radius 1 is 1.12 bits per heavy atom. The van der Waals surface area contributed by atoms with Gasteiger partial charge in [-0.3, -0.25) is 14.4 Å². The van der Waals surface area contributed by atoms with Gasteiger partial charge in [0.05, 0.1) is 24.1 Å². The van der Waals surface area contributed by atoms with Crippen molar-refractivity contribution >= 4 is 17.8 Å². The highest BCUT2D eigenvalue weighted by molar-refractivity contribution is 5.98. The summed E-state index contributed by atoms with van der Waals surface area (Å²) in [6, 6.07) is 9.72. The number of rotatable bonds is 8. The Kier molecular flexibility index (Phi) is 7.89. The molecule has 3 heterocycles. The summed E-state index contributed by atoms with van der Waals surface area (Å²) in [6.45, 7) is 4.78. The Bertz CT molecular complexity index is 1550. The van der Waals surface area contributed by atoms with Crippen LogP contribution < -0.4 is 4.74 Å². The predicted molar refractivity (Wildman–Crippen MR) is 154 cm³/mol. The molecule has 11 heteroatoms. The van der Waals surface area contributed by atoms with Gasteiger partial charge in [-0.1, -0.05) is 36.3 Å². The van der Waals surface area contributed by atoms with E-state index < -0.39 is 29.7 Å². The SMILES string of the molecule is CC(C)n1cc(COc2ccc(F)c3c2[C@@H](CN2Cc4ccccc4C2=O)N(C(=O)[C@@H]2CCCC[C@@H]2C(=O)O)CC3)nn1. The van der Waals surface area contributed by atoms with E-state index in [4.69, 9.17) is 4.74 Å². The van der Waals surface area contributed by atoms with Crippen LogP contribution >= 0.6 is 0 Å². The van der Waals surface area contributed by atoms with Crippen molar-refractivity contribution in [1.29, 1.82) is 0 Å². The number of aromatic nitrogens is 3. The molecular weight excluding hydrogens is 553 g/mol. The van der Waals surface area contributed by atoms with Gasteiger partial charge in [-0.05, 0) is 62.4 Å². The molecule has 0 bridgehead atoms. The molecule has 1 fully saturated rings. The largest absolute Gasteiger partial charge is 0.487 e. The number of carboxylic acids is 1. The summed E-state index contributed by atoms with van der Waals surface area (Å²) in [5.41, 5.74) is 3.06. The molecule has 6 rings (SSSR count). The number of carboxylic acid groups (broad SMARTS) is 1. The second-order valence-corrected chi connectivity index (χ2v) is 12.0. The van der Waals surface area contributed by atoms with Gasteiger partial charge in [0, 0.05) is 36.8 Å². The fraction of sp³-hybridized carbons (Fsp3) is 0.469. The van der Waals surface area contributed by atoms with Crippen LogP contribution in [0.3, 0.4) is 0 Å². The number of benzene rings is 2. The van der Waals surface area contributed by atoms with Gasteiger partial charge in [-0.2, -0.15) is 0 Å². The molecule has 43 heavy (non-hydrogen) atoms. The third-order valence-electron chi connectivity index (χ3n) is 9.01. The van der Waals surface area contributed by atoms with Crippen LogP contribution in [0.25, 0.3) is 0 Å². The molecule has 3 aliphatic rings. The van der Waals surface area contributed by atoms with Crippen molar-refractivity contribution < 1.29 is 28.6 Å². The van der Waals surface area contributed by atoms with Crippen LogP contribution in [0, 0.1) is 17.7 Å². The average Bonchev–Trinajstić information content (AvgIpc) is 3.61. The fourth-order valence-electron chi connectivity index (χ4n) is 6.75. The minimum Gasteiger partial charge on any atom is -0.487 e. The molecule has 1 N–H and O–H groups in total. The van der Waals surface area contributed by atoms with Crippen molar-refractivity contribution in [3.05, 3.63) is 76.4 Å². The van der Waals surface area contributed by atoms with Crippen LogP contribution in [-0.4, -0.2) is 60.8 Å². The summed E-state index contributed by atoms with van der Waals surface area (Å²) in [7, 11) is 0. The number of nitrogens with zero attached hydrogens (tertiary/aromatic N) is 5. The number of fused-ring (bicyclic) bond motifs is 2. The molecule has 0 unspecified atom stereocenters. The van der Waals surface area contributed by atoms with Crippen molar-refractivity contribution in [2.24, 2.45) is 11.8 Å². The summed E-state index contributed by atoms with van der Waals surface area (Å²) in [5.74, 6) is -2.83. The fourth-order valence-corrected chi connectivity index (χ4v) is 6.75. The van der Waals surface area contributed by atoms with Gasteiger partial charge in [0.15, 0.2) is 0 Å². The maximum Gasteiger partial charge on any atom is 0.307 e. The molecular formula is C32H36FN5O5. The summed E-state index contributed by atoms with van der Waals surface area (Å²) in [4.78, 5) is 43.1. The van der Waals surface area contributed by atoms with E-state index >= 15 is 4.39 Å².